The van der Waals surface area contributed by atoms with Crippen molar-refractivity contribution in [3.63, 3.8) is 0 Å². The van der Waals surface area contributed by atoms with Gasteiger partial charge in [0.15, 0.2) is 0 Å². The van der Waals surface area contributed by atoms with E-state index in [2.05, 4.69) is 6.92 Å². The molecule has 0 fully saturated rings. The molecule has 0 radical (unpaired) electrons. The molecule has 0 aliphatic carbocycles. The van der Waals surface area contributed by atoms with Gasteiger partial charge in [0.25, 0.3) is 10.1 Å². The van der Waals surface area contributed by atoms with Gasteiger partial charge in [-0.15, -0.1) is 5.75 Å². The van der Waals surface area contributed by atoms with Crippen LogP contribution in [0.15, 0.2) is 47.4 Å². The van der Waals surface area contributed by atoms with Crippen molar-refractivity contribution in [1.82, 2.24) is 0 Å². The molecule has 0 amide bonds. The summed E-state index contributed by atoms with van der Waals surface area (Å²) < 4.78 is 37.5. The predicted octanol–water partition coefficient (Wildman–Crippen LogP) is 2.10. The Morgan fingerprint density at radius 1 is 0.964 bits per heavy atom. The molecule has 0 atom stereocenters. The van der Waals surface area contributed by atoms with Crippen LogP contribution in [0.5, 0.6) is 17.2 Å². The first-order valence-corrected chi connectivity index (χ1v) is 10.9. The van der Waals surface area contributed by atoms with Crippen molar-refractivity contribution in [3.05, 3.63) is 48.0 Å². The van der Waals surface area contributed by atoms with Gasteiger partial charge in [-0.2, -0.15) is 8.42 Å². The summed E-state index contributed by atoms with van der Waals surface area (Å²) in [7, 11) is -4.29. The maximum absolute atomic E-state index is 11.7. The van der Waals surface area contributed by atoms with Gasteiger partial charge in [-0.1, -0.05) is 63.6 Å². The fraction of sp³-hybridized carbons (Fsp3) is 0.429. The number of benzene rings is 2. The molecule has 0 saturated carbocycles. The number of aryl methyl sites for hydroxylation is 1. The Kier molecular flexibility index (Phi) is 11.2. The predicted molar refractivity (Wildman–Crippen MR) is 104 cm³/mol. The molecule has 0 unspecified atom stereocenters. The zero-order valence-corrected chi connectivity index (χ0v) is 19.5. The summed E-state index contributed by atoms with van der Waals surface area (Å²) in [4.78, 5) is -0.228. The van der Waals surface area contributed by atoms with Crippen LogP contribution < -0.4 is 39.4 Å². The van der Waals surface area contributed by atoms with Crippen molar-refractivity contribution >= 4 is 10.1 Å². The molecule has 148 valence electrons. The van der Waals surface area contributed by atoms with Crippen molar-refractivity contribution < 1.29 is 52.4 Å². The third-order valence-electron chi connectivity index (χ3n) is 4.41. The minimum Gasteiger partial charge on any atom is -0.872 e. The molecule has 2 aromatic rings. The molecule has 0 aliphatic rings. The Bertz CT molecular complexity index is 836. The Balaban J connectivity index is 0.00000392. The first-order valence-electron chi connectivity index (χ1n) is 9.45. The third-order valence-corrected chi connectivity index (χ3v) is 5.26. The van der Waals surface area contributed by atoms with Crippen LogP contribution >= 0.6 is 0 Å². The molecule has 1 N–H and O–H groups in total. The fourth-order valence-corrected chi connectivity index (χ4v) is 3.46. The average molecular weight is 414 g/mol. The van der Waals surface area contributed by atoms with E-state index in [9.17, 15) is 13.5 Å². The van der Waals surface area contributed by atoms with Gasteiger partial charge in [-0.25, -0.2) is 0 Å². The Labute approximate surface area is 190 Å². The molecule has 0 aliphatic heterocycles. The molecular weight excluding hydrogens is 387 g/mol. The summed E-state index contributed by atoms with van der Waals surface area (Å²) >= 11 is 0. The summed E-state index contributed by atoms with van der Waals surface area (Å²) in [6.07, 6.45) is 9.00. The van der Waals surface area contributed by atoms with Crippen LogP contribution in [0.1, 0.15) is 57.4 Å². The van der Waals surface area contributed by atoms with E-state index >= 15 is 0 Å². The molecule has 2 rings (SSSR count). The third kappa shape index (κ3) is 8.53. The second-order valence-electron chi connectivity index (χ2n) is 6.69. The number of hydrogen-bond acceptors (Lipinski definition) is 4. The summed E-state index contributed by atoms with van der Waals surface area (Å²) in [6.45, 7) is 2.20. The van der Waals surface area contributed by atoms with Crippen molar-refractivity contribution in [2.75, 3.05) is 0 Å². The van der Waals surface area contributed by atoms with Gasteiger partial charge < -0.3 is 9.84 Å². The number of unbranched alkanes of at least 4 members (excludes halogenated alkanes) is 6. The van der Waals surface area contributed by atoms with Crippen LogP contribution in [-0.4, -0.2) is 13.0 Å². The van der Waals surface area contributed by atoms with Gasteiger partial charge in [0.1, 0.15) is 11.5 Å². The molecule has 5 nitrogen and oxygen atoms in total. The largest absolute Gasteiger partial charge is 1.00 e. The minimum absolute atomic E-state index is 0. The first-order chi connectivity index (χ1) is 12.9. The van der Waals surface area contributed by atoms with E-state index in [1.807, 2.05) is 0 Å². The maximum atomic E-state index is 11.7. The summed E-state index contributed by atoms with van der Waals surface area (Å²) in [6, 6.07) is 10.3. The Hall–Kier alpha value is -1.05. The van der Waals surface area contributed by atoms with Crippen LogP contribution in [-0.2, 0) is 16.5 Å². The molecule has 0 bridgehead atoms. The van der Waals surface area contributed by atoms with E-state index < -0.39 is 10.1 Å². The van der Waals surface area contributed by atoms with Crippen molar-refractivity contribution in [2.45, 2.75) is 63.2 Å². The monoisotopic (exact) mass is 414 g/mol. The summed E-state index contributed by atoms with van der Waals surface area (Å²) in [5, 5.41) is 11.7. The van der Waals surface area contributed by atoms with Gasteiger partial charge in [0.2, 0.25) is 0 Å². The molecule has 0 spiro atoms. The standard InChI is InChI=1S/C21H28O5S.Na/c1-2-3-4-5-6-7-8-10-17-15-18(22)13-14-21(17)26-19-11-9-12-20(16-19)27(23,24)25;/h9,11-16,22H,2-8,10H2,1H3,(H,23,24,25);/q;+1/p-1. The van der Waals surface area contributed by atoms with Crippen molar-refractivity contribution in [1.29, 1.82) is 0 Å². The molecule has 2 aromatic carbocycles. The van der Waals surface area contributed by atoms with Gasteiger partial charge in [0, 0.05) is 6.07 Å². The maximum Gasteiger partial charge on any atom is 1.00 e. The van der Waals surface area contributed by atoms with Crippen LogP contribution in [0.4, 0.5) is 0 Å². The second-order valence-corrected chi connectivity index (χ2v) is 8.11. The topological polar surface area (TPSA) is 86.7 Å². The van der Waals surface area contributed by atoms with E-state index in [4.69, 9.17) is 9.29 Å². The van der Waals surface area contributed by atoms with Gasteiger partial charge >= 0.3 is 29.6 Å². The normalized spacial score (nSPS) is 11.1. The number of ether oxygens (including phenoxy) is 1. The van der Waals surface area contributed by atoms with Gasteiger partial charge in [-0.05, 0) is 36.6 Å². The first kappa shape index (κ1) is 25.0. The zero-order chi connectivity index (χ0) is 19.7. The molecule has 0 heterocycles. The van der Waals surface area contributed by atoms with Crippen molar-refractivity contribution in [3.8, 4) is 17.2 Å². The quantitative estimate of drug-likeness (QED) is 0.346. The Morgan fingerprint density at radius 2 is 1.64 bits per heavy atom. The zero-order valence-electron chi connectivity index (χ0n) is 16.7. The summed E-state index contributed by atoms with van der Waals surface area (Å²) in [5.74, 6) is 0.754. The average Bonchev–Trinajstić information content (AvgIpc) is 2.62. The van der Waals surface area contributed by atoms with Crippen molar-refractivity contribution in [2.24, 2.45) is 0 Å². The Morgan fingerprint density at radius 3 is 2.32 bits per heavy atom. The second kappa shape index (κ2) is 12.5. The van der Waals surface area contributed by atoms with E-state index in [0.717, 1.165) is 24.8 Å². The van der Waals surface area contributed by atoms with Crippen LogP contribution in [0.25, 0.3) is 0 Å². The molecule has 0 saturated heterocycles. The van der Waals surface area contributed by atoms with E-state index in [-0.39, 0.29) is 40.2 Å². The fourth-order valence-electron chi connectivity index (χ4n) is 2.95. The smallest absolute Gasteiger partial charge is 0.872 e. The van der Waals surface area contributed by atoms with E-state index in [1.165, 1.54) is 56.4 Å². The number of rotatable bonds is 11. The molecular formula is C21H27NaO5S. The van der Waals surface area contributed by atoms with Gasteiger partial charge in [0.05, 0.1) is 4.90 Å². The molecule has 28 heavy (non-hydrogen) atoms. The van der Waals surface area contributed by atoms with E-state index in [1.54, 1.807) is 18.2 Å². The van der Waals surface area contributed by atoms with E-state index in [0.29, 0.717) is 11.5 Å². The van der Waals surface area contributed by atoms with Crippen LogP contribution in [0.3, 0.4) is 0 Å². The van der Waals surface area contributed by atoms with Crippen LogP contribution in [0, 0.1) is 0 Å². The minimum atomic E-state index is -4.29. The molecule has 7 heteroatoms. The SMILES string of the molecule is CCCCCCCCCc1cc([O-])ccc1Oc1cccc(S(=O)(=O)O)c1.[Na+]. The van der Waals surface area contributed by atoms with Gasteiger partial charge in [-0.3, -0.25) is 4.55 Å². The summed E-state index contributed by atoms with van der Waals surface area (Å²) in [5.41, 5.74) is 0.813. The molecule has 0 aromatic heterocycles. The number of hydrogen-bond donors (Lipinski definition) is 1. The van der Waals surface area contributed by atoms with Crippen LogP contribution in [0.2, 0.25) is 0 Å².